The van der Waals surface area contributed by atoms with Crippen LogP contribution in [-0.4, -0.2) is 9.97 Å². The molecule has 0 amide bonds. The number of hydrogen-bond acceptors (Lipinski definition) is 5. The SMILES string of the molecule is Cc1cc(Nc2ccc(C)c(Br)c2)nc(Nc2ccc(C#N)cc2)n1. The monoisotopic (exact) mass is 393 g/mol. The van der Waals surface area contributed by atoms with E-state index in [1.807, 2.05) is 50.2 Å². The number of aromatic nitrogens is 2. The molecular formula is C19H16BrN5. The lowest BCUT2D eigenvalue weighted by Crippen LogP contribution is -2.02. The van der Waals surface area contributed by atoms with E-state index in [-0.39, 0.29) is 0 Å². The number of benzene rings is 2. The molecule has 6 heteroatoms. The molecule has 0 aliphatic rings. The maximum Gasteiger partial charge on any atom is 0.229 e. The van der Waals surface area contributed by atoms with Crippen LogP contribution in [0.5, 0.6) is 0 Å². The third kappa shape index (κ3) is 4.34. The first kappa shape index (κ1) is 16.9. The molecule has 3 rings (SSSR count). The lowest BCUT2D eigenvalue weighted by atomic mass is 10.2. The van der Waals surface area contributed by atoms with Gasteiger partial charge in [0, 0.05) is 27.6 Å². The van der Waals surface area contributed by atoms with Crippen LogP contribution in [0.15, 0.2) is 53.0 Å². The normalized spacial score (nSPS) is 10.2. The smallest absolute Gasteiger partial charge is 0.229 e. The van der Waals surface area contributed by atoms with Crippen LogP contribution in [-0.2, 0) is 0 Å². The number of nitrogens with one attached hydrogen (secondary N) is 2. The summed E-state index contributed by atoms with van der Waals surface area (Å²) in [5.41, 5.74) is 4.41. The second-order valence-electron chi connectivity index (χ2n) is 5.62. The number of aryl methyl sites for hydroxylation is 2. The molecule has 1 aromatic heterocycles. The maximum absolute atomic E-state index is 8.86. The highest BCUT2D eigenvalue weighted by molar-refractivity contribution is 9.10. The van der Waals surface area contributed by atoms with Crippen molar-refractivity contribution >= 4 is 39.1 Å². The third-order valence-corrected chi connectivity index (χ3v) is 4.42. The Morgan fingerprint density at radius 1 is 0.920 bits per heavy atom. The summed E-state index contributed by atoms with van der Waals surface area (Å²) < 4.78 is 1.04. The van der Waals surface area contributed by atoms with Crippen molar-refractivity contribution < 1.29 is 0 Å². The van der Waals surface area contributed by atoms with E-state index in [2.05, 4.69) is 42.6 Å². The molecule has 3 aromatic rings. The minimum Gasteiger partial charge on any atom is -0.340 e. The van der Waals surface area contributed by atoms with Gasteiger partial charge in [-0.15, -0.1) is 0 Å². The first-order chi connectivity index (χ1) is 12.0. The van der Waals surface area contributed by atoms with Gasteiger partial charge in [0.25, 0.3) is 0 Å². The largest absolute Gasteiger partial charge is 0.340 e. The molecule has 0 radical (unpaired) electrons. The van der Waals surface area contributed by atoms with Crippen LogP contribution in [0.3, 0.4) is 0 Å². The van der Waals surface area contributed by atoms with Gasteiger partial charge in [-0.2, -0.15) is 10.2 Å². The van der Waals surface area contributed by atoms with Crippen molar-refractivity contribution in [1.29, 1.82) is 5.26 Å². The number of anilines is 4. The molecule has 5 nitrogen and oxygen atoms in total. The van der Waals surface area contributed by atoms with E-state index in [9.17, 15) is 0 Å². The van der Waals surface area contributed by atoms with E-state index < -0.39 is 0 Å². The molecule has 2 aromatic carbocycles. The van der Waals surface area contributed by atoms with Gasteiger partial charge in [0.15, 0.2) is 0 Å². The highest BCUT2D eigenvalue weighted by Gasteiger charge is 2.05. The van der Waals surface area contributed by atoms with Crippen molar-refractivity contribution in [3.8, 4) is 6.07 Å². The van der Waals surface area contributed by atoms with E-state index in [0.29, 0.717) is 17.3 Å². The van der Waals surface area contributed by atoms with E-state index in [1.165, 1.54) is 5.56 Å². The molecule has 2 N–H and O–H groups in total. The van der Waals surface area contributed by atoms with Gasteiger partial charge in [-0.3, -0.25) is 0 Å². The standard InChI is InChI=1S/C19H16BrN5/c1-12-3-6-16(10-17(12)20)23-18-9-13(2)22-19(25-18)24-15-7-4-14(11-21)5-8-15/h3-10H,1-2H3,(H2,22,23,24,25). The lowest BCUT2D eigenvalue weighted by molar-refractivity contribution is 1.11. The van der Waals surface area contributed by atoms with Gasteiger partial charge in [-0.05, 0) is 55.8 Å². The zero-order valence-corrected chi connectivity index (χ0v) is 15.4. The molecule has 0 saturated heterocycles. The molecule has 0 spiro atoms. The van der Waals surface area contributed by atoms with Crippen LogP contribution >= 0.6 is 15.9 Å². The van der Waals surface area contributed by atoms with Crippen molar-refractivity contribution in [2.45, 2.75) is 13.8 Å². The topological polar surface area (TPSA) is 73.6 Å². The maximum atomic E-state index is 8.86. The minimum absolute atomic E-state index is 0.499. The lowest BCUT2D eigenvalue weighted by Gasteiger charge is -2.11. The van der Waals surface area contributed by atoms with Gasteiger partial charge in [-0.1, -0.05) is 22.0 Å². The van der Waals surface area contributed by atoms with Crippen LogP contribution in [0, 0.1) is 25.2 Å². The highest BCUT2D eigenvalue weighted by Crippen LogP contribution is 2.24. The molecule has 0 aliphatic carbocycles. The summed E-state index contributed by atoms with van der Waals surface area (Å²) in [5.74, 6) is 1.21. The van der Waals surface area contributed by atoms with Gasteiger partial charge >= 0.3 is 0 Å². The fraction of sp³-hybridized carbons (Fsp3) is 0.105. The summed E-state index contributed by atoms with van der Waals surface area (Å²) in [6.07, 6.45) is 0. The summed E-state index contributed by atoms with van der Waals surface area (Å²) in [7, 11) is 0. The predicted octanol–water partition coefficient (Wildman–Crippen LogP) is 5.21. The Labute approximate surface area is 154 Å². The summed E-state index contributed by atoms with van der Waals surface area (Å²) in [6.45, 7) is 3.96. The fourth-order valence-corrected chi connectivity index (χ4v) is 2.64. The Bertz CT molecular complexity index is 945. The van der Waals surface area contributed by atoms with Crippen LogP contribution < -0.4 is 10.6 Å². The van der Waals surface area contributed by atoms with E-state index in [4.69, 9.17) is 5.26 Å². The highest BCUT2D eigenvalue weighted by atomic mass is 79.9. The summed E-state index contributed by atoms with van der Waals surface area (Å²) in [6, 6.07) is 17.2. The van der Waals surface area contributed by atoms with E-state index in [1.54, 1.807) is 12.1 Å². The molecule has 0 aliphatic heterocycles. The van der Waals surface area contributed by atoms with Gasteiger partial charge in [0.2, 0.25) is 5.95 Å². The number of nitriles is 1. The summed E-state index contributed by atoms with van der Waals surface area (Å²) >= 11 is 3.54. The molecule has 124 valence electrons. The predicted molar refractivity (Wildman–Crippen MR) is 103 cm³/mol. The molecule has 1 heterocycles. The van der Waals surface area contributed by atoms with E-state index >= 15 is 0 Å². The number of halogens is 1. The third-order valence-electron chi connectivity index (χ3n) is 3.57. The quantitative estimate of drug-likeness (QED) is 0.635. The minimum atomic E-state index is 0.499. The zero-order chi connectivity index (χ0) is 17.8. The second kappa shape index (κ2) is 7.32. The number of nitrogens with zero attached hydrogens (tertiary/aromatic N) is 3. The molecule has 25 heavy (non-hydrogen) atoms. The fourth-order valence-electron chi connectivity index (χ4n) is 2.26. The van der Waals surface area contributed by atoms with Gasteiger partial charge in [0.1, 0.15) is 5.82 Å². The molecule has 0 unspecified atom stereocenters. The number of hydrogen-bond donors (Lipinski definition) is 2. The van der Waals surface area contributed by atoms with Crippen LogP contribution in [0.4, 0.5) is 23.1 Å². The van der Waals surface area contributed by atoms with Crippen molar-refractivity contribution in [2.75, 3.05) is 10.6 Å². The Hall–Kier alpha value is -2.91. The van der Waals surface area contributed by atoms with Crippen molar-refractivity contribution in [3.63, 3.8) is 0 Å². The first-order valence-electron chi connectivity index (χ1n) is 7.69. The van der Waals surface area contributed by atoms with Crippen molar-refractivity contribution in [2.24, 2.45) is 0 Å². The molecule has 0 saturated carbocycles. The summed E-state index contributed by atoms with van der Waals surface area (Å²) in [5, 5.41) is 15.3. The van der Waals surface area contributed by atoms with Gasteiger partial charge in [0.05, 0.1) is 11.6 Å². The first-order valence-corrected chi connectivity index (χ1v) is 8.49. The van der Waals surface area contributed by atoms with Crippen molar-refractivity contribution in [3.05, 3.63) is 69.8 Å². The Morgan fingerprint density at radius 3 is 2.32 bits per heavy atom. The average molecular weight is 394 g/mol. The van der Waals surface area contributed by atoms with Crippen LogP contribution in [0.25, 0.3) is 0 Å². The Kier molecular flexibility index (Phi) is 4.96. The molecule has 0 fully saturated rings. The summed E-state index contributed by atoms with van der Waals surface area (Å²) in [4.78, 5) is 8.91. The van der Waals surface area contributed by atoms with Crippen LogP contribution in [0.1, 0.15) is 16.8 Å². The number of rotatable bonds is 4. The Morgan fingerprint density at radius 2 is 1.64 bits per heavy atom. The van der Waals surface area contributed by atoms with Crippen molar-refractivity contribution in [1.82, 2.24) is 9.97 Å². The van der Waals surface area contributed by atoms with E-state index in [0.717, 1.165) is 21.5 Å². The van der Waals surface area contributed by atoms with Gasteiger partial charge < -0.3 is 10.6 Å². The van der Waals surface area contributed by atoms with Crippen LogP contribution in [0.2, 0.25) is 0 Å². The average Bonchev–Trinajstić information content (AvgIpc) is 2.58. The Balaban J connectivity index is 1.82. The van der Waals surface area contributed by atoms with Gasteiger partial charge in [-0.25, -0.2) is 4.98 Å². The molecule has 0 atom stereocenters. The molecule has 0 bridgehead atoms. The second-order valence-corrected chi connectivity index (χ2v) is 6.48. The molecular weight excluding hydrogens is 378 g/mol. The zero-order valence-electron chi connectivity index (χ0n) is 13.8.